The van der Waals surface area contributed by atoms with Gasteiger partial charge in [0.15, 0.2) is 0 Å². The highest BCUT2D eigenvalue weighted by Crippen LogP contribution is 2.42. The second kappa shape index (κ2) is 5.64. The van der Waals surface area contributed by atoms with E-state index in [-0.39, 0.29) is 35.2 Å². The van der Waals surface area contributed by atoms with Crippen LogP contribution in [0.2, 0.25) is 0 Å². The third-order valence-corrected chi connectivity index (χ3v) is 4.92. The maximum Gasteiger partial charge on any atom is 0.211 e. The molecule has 3 aliphatic heterocycles. The normalized spacial score (nSPS) is 41.5. The number of rotatable bonds is 4. The second-order valence-electron chi connectivity index (χ2n) is 6.01. The van der Waals surface area contributed by atoms with Gasteiger partial charge in [-0.15, -0.1) is 0 Å². The molecule has 2 aromatic rings. The summed E-state index contributed by atoms with van der Waals surface area (Å²) in [4.78, 5) is 5.82. The van der Waals surface area contributed by atoms with E-state index in [4.69, 9.17) is 18.9 Å². The van der Waals surface area contributed by atoms with Gasteiger partial charge >= 0.3 is 0 Å². The fourth-order valence-electron chi connectivity index (χ4n) is 3.73. The standard InChI is InChI=1S/C19H24N2O/c1-2-13-12-21-10-8-14(13)11-18(21)19(22)16-7-9-20-17-6-4-3-5-15(16)17/h3-7,9,13-14,18-19,22H,2,8,10-12H2,1H3/t13-,14-,18-,19+/m0/s1/i1D,2D,3D,4D,5D,6D,7D,9D,19D,22D/t2?,13-,14-,18-,19+. The molecule has 2 bridgehead atoms. The van der Waals surface area contributed by atoms with Gasteiger partial charge in [0, 0.05) is 26.9 Å². The highest BCUT2D eigenvalue weighted by Gasteiger charge is 2.42. The van der Waals surface area contributed by atoms with Gasteiger partial charge in [0.25, 0.3) is 0 Å². The molecule has 5 rings (SSSR count). The van der Waals surface area contributed by atoms with Gasteiger partial charge in [-0.3, -0.25) is 9.88 Å². The molecule has 6 atom stereocenters. The van der Waals surface area contributed by atoms with Gasteiger partial charge < -0.3 is 5.11 Å². The zero-order chi connectivity index (χ0) is 23.5. The topological polar surface area (TPSA) is 36.4 Å². The summed E-state index contributed by atoms with van der Waals surface area (Å²) in [6, 6.07) is -3.25. The average Bonchev–Trinajstić information content (AvgIpc) is 2.81. The van der Waals surface area contributed by atoms with Crippen LogP contribution in [0.4, 0.5) is 0 Å². The quantitative estimate of drug-likeness (QED) is 0.940. The van der Waals surface area contributed by atoms with Crippen LogP contribution in [0.3, 0.4) is 0 Å². The van der Waals surface area contributed by atoms with Crippen molar-refractivity contribution >= 4 is 10.9 Å². The third kappa shape index (κ3) is 2.24. The second-order valence-corrected chi connectivity index (χ2v) is 6.01. The van der Waals surface area contributed by atoms with Crippen molar-refractivity contribution in [2.24, 2.45) is 11.8 Å². The van der Waals surface area contributed by atoms with Gasteiger partial charge in [-0.05, 0) is 48.9 Å². The van der Waals surface area contributed by atoms with Crippen LogP contribution < -0.4 is 0 Å². The summed E-state index contributed by atoms with van der Waals surface area (Å²) in [5.74, 6) is 0.00504. The van der Waals surface area contributed by atoms with E-state index in [1.807, 2.05) is 4.90 Å². The van der Waals surface area contributed by atoms with Crippen LogP contribution in [0.25, 0.3) is 10.9 Å². The fourth-order valence-corrected chi connectivity index (χ4v) is 3.73. The number of piperidine rings is 3. The number of para-hydroxylation sites is 1. The molecule has 0 amide bonds. The molecule has 3 nitrogen and oxygen atoms in total. The highest BCUT2D eigenvalue weighted by atomic mass is 16.3. The maximum absolute atomic E-state index is 9.17. The van der Waals surface area contributed by atoms with E-state index in [1.54, 1.807) is 0 Å². The zero-order valence-corrected chi connectivity index (χ0v) is 12.1. The van der Waals surface area contributed by atoms with Crippen LogP contribution in [-0.4, -0.2) is 35.6 Å². The fraction of sp³-hybridized carbons (Fsp3) is 0.526. The Morgan fingerprint density at radius 2 is 2.55 bits per heavy atom. The summed E-state index contributed by atoms with van der Waals surface area (Å²) in [5.41, 5.74) is -0.485. The molecule has 0 spiro atoms. The maximum atomic E-state index is 9.17. The summed E-state index contributed by atoms with van der Waals surface area (Å²) >= 11 is 0. The van der Waals surface area contributed by atoms with Crippen molar-refractivity contribution in [1.29, 1.82) is 1.43 Å². The van der Waals surface area contributed by atoms with E-state index in [9.17, 15) is 0 Å². The Bertz CT molecular complexity index is 1070. The number of pyridine rings is 1. The largest absolute Gasteiger partial charge is 0.387 e. The van der Waals surface area contributed by atoms with Crippen LogP contribution >= 0.6 is 0 Å². The Morgan fingerprint density at radius 3 is 3.36 bits per heavy atom. The molecule has 3 aliphatic rings. The van der Waals surface area contributed by atoms with Crippen LogP contribution in [0.5, 0.6) is 0 Å². The van der Waals surface area contributed by atoms with E-state index < -0.39 is 54.9 Å². The summed E-state index contributed by atoms with van der Waals surface area (Å²) in [5, 5.41) is 4.78. The Kier molecular flexibility index (Phi) is 1.79. The molecule has 3 fully saturated rings. The molecule has 116 valence electrons. The summed E-state index contributed by atoms with van der Waals surface area (Å²) in [6.07, 6.45) is -2.13. The lowest BCUT2D eigenvalue weighted by Gasteiger charge is -2.51. The lowest BCUT2D eigenvalue weighted by atomic mass is 9.72. The summed E-state index contributed by atoms with van der Waals surface area (Å²) < 4.78 is 81.8. The molecule has 4 heterocycles. The van der Waals surface area contributed by atoms with Crippen molar-refractivity contribution in [1.82, 2.24) is 9.88 Å². The Hall–Kier alpha value is -1.45. The van der Waals surface area contributed by atoms with Crippen molar-refractivity contribution in [2.45, 2.75) is 38.3 Å². The van der Waals surface area contributed by atoms with E-state index in [0.717, 1.165) is 6.42 Å². The molecule has 0 saturated carbocycles. The minimum atomic E-state index is -2.20. The van der Waals surface area contributed by atoms with Gasteiger partial charge in [-0.1, -0.05) is 31.4 Å². The number of nitrogens with zero attached hydrogens (tertiary/aromatic N) is 2. The van der Waals surface area contributed by atoms with Gasteiger partial charge in [0.05, 0.1) is 21.2 Å². The molecule has 1 N–H and O–H groups in total. The first-order valence-electron chi connectivity index (χ1n) is 12.7. The lowest BCUT2D eigenvalue weighted by molar-refractivity contribution is -0.0562. The molecular weight excluding hydrogens is 272 g/mol. The minimum absolute atomic E-state index is 0.0229. The van der Waals surface area contributed by atoms with Crippen molar-refractivity contribution < 1.29 is 17.4 Å². The number of aromatic nitrogens is 1. The number of fused-ring (bicyclic) bond motifs is 4. The first-order valence-corrected chi connectivity index (χ1v) is 7.54. The molecule has 1 aromatic carbocycles. The first-order chi connectivity index (χ1) is 15.1. The predicted octanol–water partition coefficient (Wildman–Crippen LogP) is 3.39. The smallest absolute Gasteiger partial charge is 0.211 e. The van der Waals surface area contributed by atoms with Gasteiger partial charge in [0.1, 0.15) is 0 Å². The van der Waals surface area contributed by atoms with Crippen LogP contribution in [0.15, 0.2) is 36.4 Å². The van der Waals surface area contributed by atoms with E-state index in [2.05, 4.69) is 4.98 Å². The first kappa shape index (κ1) is 6.98. The van der Waals surface area contributed by atoms with Crippen molar-refractivity contribution in [3.63, 3.8) is 0 Å². The van der Waals surface area contributed by atoms with Crippen molar-refractivity contribution in [3.8, 4) is 0 Å². The molecule has 3 heteroatoms. The Balaban J connectivity index is 1.92. The number of aliphatic hydroxyl groups is 1. The van der Waals surface area contributed by atoms with Crippen molar-refractivity contribution in [3.05, 3.63) is 41.9 Å². The average molecular weight is 306 g/mol. The number of hydrogen-bond donors (Lipinski definition) is 1. The third-order valence-electron chi connectivity index (χ3n) is 4.92. The van der Waals surface area contributed by atoms with E-state index in [0.29, 0.717) is 19.5 Å². The number of hydrogen-bond acceptors (Lipinski definition) is 3. The SMILES string of the molecule is [2H]CC([2H])[C@H]1CN2CC[C@H]1C[C@H]2[C@]([2H])(O[2H])c1c([2H])c([2H])nc2c([2H])c([2H])c([2H])c([2H])c12. The van der Waals surface area contributed by atoms with Crippen LogP contribution in [0, 0.1) is 11.8 Å². The molecule has 1 aromatic heterocycles. The Labute approximate surface area is 146 Å². The molecule has 3 saturated heterocycles. The number of benzene rings is 1. The molecular formula is C19H24N2O. The zero-order valence-electron chi connectivity index (χ0n) is 22.1. The molecule has 22 heavy (non-hydrogen) atoms. The molecule has 0 radical (unpaired) electrons. The predicted molar refractivity (Wildman–Crippen MR) is 88.6 cm³/mol. The highest BCUT2D eigenvalue weighted by molar-refractivity contribution is 5.82. The lowest BCUT2D eigenvalue weighted by Crippen LogP contribution is -2.55. The van der Waals surface area contributed by atoms with Gasteiger partial charge in [-0.25, -0.2) is 0 Å². The summed E-state index contributed by atoms with van der Waals surface area (Å²) in [7, 11) is 0. The Morgan fingerprint density at radius 1 is 1.59 bits per heavy atom. The van der Waals surface area contributed by atoms with E-state index >= 15 is 0 Å². The van der Waals surface area contributed by atoms with Gasteiger partial charge in [-0.2, -0.15) is 0 Å². The van der Waals surface area contributed by atoms with Crippen LogP contribution in [0.1, 0.15) is 50.1 Å². The van der Waals surface area contributed by atoms with Gasteiger partial charge in [0.2, 0.25) is 1.43 Å². The van der Waals surface area contributed by atoms with Crippen molar-refractivity contribution in [2.75, 3.05) is 13.1 Å². The monoisotopic (exact) mass is 306 g/mol. The summed E-state index contributed by atoms with van der Waals surface area (Å²) in [6.45, 7) is 1.03. The minimum Gasteiger partial charge on any atom is -0.387 e. The van der Waals surface area contributed by atoms with E-state index in [1.165, 1.54) is 0 Å². The van der Waals surface area contributed by atoms with Crippen LogP contribution in [-0.2, 0) is 0 Å². The molecule has 0 aliphatic carbocycles. The molecule has 2 unspecified atom stereocenters.